The molecule has 1 fully saturated rings. The highest BCUT2D eigenvalue weighted by Crippen LogP contribution is 2.29. The van der Waals surface area contributed by atoms with Crippen LogP contribution in [0.4, 0.5) is 4.79 Å². The fourth-order valence-electron chi connectivity index (χ4n) is 2.95. The minimum absolute atomic E-state index is 0.167. The summed E-state index contributed by atoms with van der Waals surface area (Å²) in [4.78, 5) is 14.5. The number of urea groups is 1. The standard InChI is InChI=1S/C21H23N3O2/c1-15(17-9-7-16(13-22)8-10-17)23-21(26)24(19-11-12-19)14-20(25)18-5-3-2-4-6-18/h2-10,15,19-20,25H,11-12,14H2,1H3,(H,23,26)/t15-,20+/m1/s1. The first-order valence-corrected chi connectivity index (χ1v) is 8.88. The monoisotopic (exact) mass is 349 g/mol. The number of nitriles is 1. The number of amides is 2. The summed E-state index contributed by atoms with van der Waals surface area (Å²) in [5, 5.41) is 22.4. The van der Waals surface area contributed by atoms with E-state index in [2.05, 4.69) is 11.4 Å². The quantitative estimate of drug-likeness (QED) is 0.838. The molecule has 1 aliphatic rings. The van der Waals surface area contributed by atoms with Crippen LogP contribution in [0.1, 0.15) is 48.6 Å². The molecule has 2 aromatic rings. The van der Waals surface area contributed by atoms with E-state index in [4.69, 9.17) is 5.26 Å². The van der Waals surface area contributed by atoms with Gasteiger partial charge in [0, 0.05) is 6.04 Å². The molecule has 5 heteroatoms. The molecule has 2 atom stereocenters. The van der Waals surface area contributed by atoms with E-state index in [-0.39, 0.29) is 24.7 Å². The minimum atomic E-state index is -0.701. The number of aliphatic hydroxyl groups is 1. The lowest BCUT2D eigenvalue weighted by atomic mass is 10.1. The molecule has 2 aromatic carbocycles. The van der Waals surface area contributed by atoms with Gasteiger partial charge in [-0.3, -0.25) is 0 Å². The maximum atomic E-state index is 12.7. The van der Waals surface area contributed by atoms with E-state index in [1.165, 1.54) is 0 Å². The zero-order valence-electron chi connectivity index (χ0n) is 14.8. The van der Waals surface area contributed by atoms with Crippen LogP contribution in [0.15, 0.2) is 54.6 Å². The fraction of sp³-hybridized carbons (Fsp3) is 0.333. The Morgan fingerprint density at radius 1 is 1.19 bits per heavy atom. The van der Waals surface area contributed by atoms with E-state index in [1.54, 1.807) is 17.0 Å². The highest BCUT2D eigenvalue weighted by molar-refractivity contribution is 5.75. The molecule has 0 spiro atoms. The van der Waals surface area contributed by atoms with Crippen molar-refractivity contribution in [3.05, 3.63) is 71.3 Å². The molecule has 1 aliphatic carbocycles. The van der Waals surface area contributed by atoms with Crippen molar-refractivity contribution in [1.29, 1.82) is 5.26 Å². The van der Waals surface area contributed by atoms with Crippen LogP contribution in [-0.4, -0.2) is 28.6 Å². The Labute approximate surface area is 153 Å². The van der Waals surface area contributed by atoms with E-state index in [9.17, 15) is 9.90 Å². The number of nitrogens with zero attached hydrogens (tertiary/aromatic N) is 2. The van der Waals surface area contributed by atoms with Gasteiger partial charge < -0.3 is 15.3 Å². The van der Waals surface area contributed by atoms with Crippen molar-refractivity contribution in [3.8, 4) is 6.07 Å². The van der Waals surface area contributed by atoms with Crippen LogP contribution >= 0.6 is 0 Å². The van der Waals surface area contributed by atoms with Gasteiger partial charge in [-0.25, -0.2) is 4.79 Å². The second-order valence-corrected chi connectivity index (χ2v) is 6.72. The zero-order valence-corrected chi connectivity index (χ0v) is 14.8. The highest BCUT2D eigenvalue weighted by Gasteiger charge is 2.34. The first kappa shape index (κ1) is 18.0. The summed E-state index contributed by atoms with van der Waals surface area (Å²) >= 11 is 0. The topological polar surface area (TPSA) is 76.4 Å². The number of rotatable bonds is 6. The van der Waals surface area contributed by atoms with Crippen molar-refractivity contribution in [2.24, 2.45) is 0 Å². The molecule has 1 saturated carbocycles. The van der Waals surface area contributed by atoms with E-state index >= 15 is 0 Å². The molecule has 0 unspecified atom stereocenters. The van der Waals surface area contributed by atoms with Crippen LogP contribution in [0, 0.1) is 11.3 Å². The van der Waals surface area contributed by atoms with E-state index < -0.39 is 6.10 Å². The van der Waals surface area contributed by atoms with Crippen LogP contribution in [-0.2, 0) is 0 Å². The number of aliphatic hydroxyl groups excluding tert-OH is 1. The van der Waals surface area contributed by atoms with Gasteiger partial charge in [-0.05, 0) is 43.0 Å². The number of hydrogen-bond acceptors (Lipinski definition) is 3. The van der Waals surface area contributed by atoms with Gasteiger partial charge in [0.25, 0.3) is 0 Å². The Bertz CT molecular complexity index is 779. The average molecular weight is 349 g/mol. The second-order valence-electron chi connectivity index (χ2n) is 6.72. The van der Waals surface area contributed by atoms with Gasteiger partial charge in [0.15, 0.2) is 0 Å². The van der Waals surface area contributed by atoms with Crippen LogP contribution in [0.3, 0.4) is 0 Å². The van der Waals surface area contributed by atoms with Gasteiger partial charge in [0.2, 0.25) is 0 Å². The molecular weight excluding hydrogens is 326 g/mol. The van der Waals surface area contributed by atoms with Gasteiger partial charge in [0.1, 0.15) is 0 Å². The van der Waals surface area contributed by atoms with E-state index in [0.29, 0.717) is 5.56 Å². The Balaban J connectivity index is 1.64. The third-order valence-electron chi connectivity index (χ3n) is 4.68. The molecule has 0 radical (unpaired) electrons. The summed E-state index contributed by atoms with van der Waals surface area (Å²) in [6, 6.07) is 18.5. The molecule has 134 valence electrons. The van der Waals surface area contributed by atoms with Crippen LogP contribution in [0.5, 0.6) is 0 Å². The SMILES string of the molecule is C[C@@H](NC(=O)N(C[C@H](O)c1ccccc1)C1CC1)c1ccc(C#N)cc1. The largest absolute Gasteiger partial charge is 0.387 e. The predicted octanol–water partition coefficient (Wildman–Crippen LogP) is 3.53. The normalized spacial score (nSPS) is 15.6. The molecule has 0 bridgehead atoms. The number of nitrogens with one attached hydrogen (secondary N) is 1. The van der Waals surface area contributed by atoms with Crippen molar-refractivity contribution in [2.75, 3.05) is 6.54 Å². The third kappa shape index (κ3) is 4.41. The van der Waals surface area contributed by atoms with E-state index in [1.807, 2.05) is 49.4 Å². The van der Waals surface area contributed by atoms with Crippen LogP contribution < -0.4 is 5.32 Å². The molecule has 0 heterocycles. The van der Waals surface area contributed by atoms with Crippen LogP contribution in [0.25, 0.3) is 0 Å². The fourth-order valence-corrected chi connectivity index (χ4v) is 2.95. The minimum Gasteiger partial charge on any atom is -0.387 e. The number of carbonyl (C=O) groups is 1. The van der Waals surface area contributed by atoms with Crippen molar-refractivity contribution in [3.63, 3.8) is 0 Å². The average Bonchev–Trinajstić information content (AvgIpc) is 3.51. The lowest BCUT2D eigenvalue weighted by Gasteiger charge is -2.27. The molecule has 2 amide bonds. The molecule has 2 N–H and O–H groups in total. The molecule has 5 nitrogen and oxygen atoms in total. The van der Waals surface area contributed by atoms with Gasteiger partial charge in [-0.1, -0.05) is 42.5 Å². The van der Waals surface area contributed by atoms with Gasteiger partial charge in [-0.15, -0.1) is 0 Å². The summed E-state index contributed by atoms with van der Waals surface area (Å²) in [6.07, 6.45) is 1.24. The summed E-state index contributed by atoms with van der Waals surface area (Å²) < 4.78 is 0. The summed E-state index contributed by atoms with van der Waals surface area (Å²) in [5.41, 5.74) is 2.35. The summed E-state index contributed by atoms with van der Waals surface area (Å²) in [6.45, 7) is 2.19. The third-order valence-corrected chi connectivity index (χ3v) is 4.68. The molecular formula is C21H23N3O2. The maximum Gasteiger partial charge on any atom is 0.318 e. The van der Waals surface area contributed by atoms with Gasteiger partial charge in [0.05, 0.1) is 30.3 Å². The predicted molar refractivity (Wildman–Crippen MR) is 99.2 cm³/mol. The summed E-state index contributed by atoms with van der Waals surface area (Å²) in [5.74, 6) is 0. The number of benzene rings is 2. The Morgan fingerprint density at radius 3 is 2.42 bits per heavy atom. The highest BCUT2D eigenvalue weighted by atomic mass is 16.3. The lowest BCUT2D eigenvalue weighted by Crippen LogP contribution is -2.44. The smallest absolute Gasteiger partial charge is 0.318 e. The van der Waals surface area contributed by atoms with Crippen molar-refractivity contribution in [1.82, 2.24) is 10.2 Å². The Kier molecular flexibility index (Phi) is 5.55. The summed E-state index contributed by atoms with van der Waals surface area (Å²) in [7, 11) is 0. The Hall–Kier alpha value is -2.84. The van der Waals surface area contributed by atoms with Gasteiger partial charge >= 0.3 is 6.03 Å². The van der Waals surface area contributed by atoms with Crippen molar-refractivity contribution < 1.29 is 9.90 Å². The molecule has 3 rings (SSSR count). The molecule has 0 aliphatic heterocycles. The first-order valence-electron chi connectivity index (χ1n) is 8.88. The van der Waals surface area contributed by atoms with Gasteiger partial charge in [-0.2, -0.15) is 5.26 Å². The van der Waals surface area contributed by atoms with E-state index in [0.717, 1.165) is 24.0 Å². The number of hydrogen-bond donors (Lipinski definition) is 2. The second kappa shape index (κ2) is 8.03. The van der Waals surface area contributed by atoms with Crippen LogP contribution in [0.2, 0.25) is 0 Å². The Morgan fingerprint density at radius 2 is 1.85 bits per heavy atom. The lowest BCUT2D eigenvalue weighted by molar-refractivity contribution is 0.117. The first-order chi connectivity index (χ1) is 12.6. The maximum absolute atomic E-state index is 12.7. The molecule has 0 aromatic heterocycles. The van der Waals surface area contributed by atoms with Crippen molar-refractivity contribution in [2.45, 2.75) is 38.0 Å². The zero-order chi connectivity index (χ0) is 18.5. The molecule has 0 saturated heterocycles. The number of carbonyl (C=O) groups excluding carboxylic acids is 1. The van der Waals surface area contributed by atoms with Crippen molar-refractivity contribution >= 4 is 6.03 Å². The molecule has 26 heavy (non-hydrogen) atoms.